The van der Waals surface area contributed by atoms with Gasteiger partial charge in [-0.1, -0.05) is 0 Å². The molecular weight excluding hydrogens is 344 g/mol. The molecule has 0 spiro atoms. The number of fused-ring (bicyclic) bond motifs is 1. The first-order valence-electron chi connectivity index (χ1n) is 6.44. The molecule has 2 aliphatic heterocycles. The molecule has 1 aromatic rings. The van der Waals surface area contributed by atoms with E-state index in [4.69, 9.17) is 9.47 Å². The van der Waals surface area contributed by atoms with Crippen LogP contribution in [0, 0.1) is 0 Å². The summed E-state index contributed by atoms with van der Waals surface area (Å²) in [5, 5.41) is 8.13. The van der Waals surface area contributed by atoms with Crippen molar-refractivity contribution in [2.24, 2.45) is 0 Å². The number of urea groups is 1. The van der Waals surface area contributed by atoms with Crippen molar-refractivity contribution < 1.29 is 19.1 Å². The van der Waals surface area contributed by atoms with Crippen LogP contribution in [-0.4, -0.2) is 48.6 Å². The van der Waals surface area contributed by atoms with Crippen molar-refractivity contribution in [1.29, 1.82) is 0 Å². The Morgan fingerprint density at radius 3 is 3.10 bits per heavy atom. The van der Waals surface area contributed by atoms with E-state index >= 15 is 0 Å². The molecule has 3 amide bonds. The number of rotatable bonds is 4. The summed E-state index contributed by atoms with van der Waals surface area (Å²) in [5.41, 5.74) is -0.393. The molecule has 2 saturated heterocycles. The first kappa shape index (κ1) is 14.4. The third-order valence-electron chi connectivity index (χ3n) is 3.62. The molecule has 8 nitrogen and oxygen atoms in total. The molecule has 0 unspecified atom stereocenters. The zero-order valence-corrected chi connectivity index (χ0v) is 12.8. The molecular formula is C12H15BrN4O4. The largest absolute Gasteiger partial charge is 0.356 e. The van der Waals surface area contributed by atoms with E-state index in [9.17, 15) is 9.59 Å². The lowest BCUT2D eigenvalue weighted by Crippen LogP contribution is -2.48. The second kappa shape index (κ2) is 5.32. The minimum absolute atomic E-state index is 0.218. The normalized spacial score (nSPS) is 30.7. The van der Waals surface area contributed by atoms with Crippen molar-refractivity contribution in [2.45, 2.75) is 24.5 Å². The fourth-order valence-electron chi connectivity index (χ4n) is 2.57. The van der Waals surface area contributed by atoms with Gasteiger partial charge in [0, 0.05) is 30.7 Å². The maximum absolute atomic E-state index is 11.9. The summed E-state index contributed by atoms with van der Waals surface area (Å²) in [6.07, 6.45) is 1.36. The molecule has 4 N–H and O–H groups in total. The van der Waals surface area contributed by atoms with Gasteiger partial charge in [-0.25, -0.2) is 4.79 Å². The van der Waals surface area contributed by atoms with Gasteiger partial charge in [-0.15, -0.1) is 0 Å². The lowest BCUT2D eigenvalue weighted by atomic mass is 10.1. The maximum Gasteiger partial charge on any atom is 0.319 e. The molecule has 1 aromatic heterocycles. The Morgan fingerprint density at radius 2 is 2.48 bits per heavy atom. The van der Waals surface area contributed by atoms with Crippen LogP contribution in [0.5, 0.6) is 0 Å². The number of aromatic nitrogens is 1. The summed E-state index contributed by atoms with van der Waals surface area (Å²) in [6, 6.07) is 1.37. The van der Waals surface area contributed by atoms with Gasteiger partial charge in [0.1, 0.15) is 5.69 Å². The summed E-state index contributed by atoms with van der Waals surface area (Å²) < 4.78 is 11.9. The van der Waals surface area contributed by atoms with Crippen LogP contribution in [0.4, 0.5) is 4.79 Å². The number of nitrogens with one attached hydrogen (secondary N) is 4. The quantitative estimate of drug-likeness (QED) is 0.620. The monoisotopic (exact) mass is 358 g/mol. The van der Waals surface area contributed by atoms with Crippen LogP contribution in [0.15, 0.2) is 16.7 Å². The van der Waals surface area contributed by atoms with Crippen molar-refractivity contribution in [3.63, 3.8) is 0 Å². The highest BCUT2D eigenvalue weighted by Crippen LogP contribution is 2.32. The van der Waals surface area contributed by atoms with Gasteiger partial charge in [0.05, 0.1) is 6.10 Å². The van der Waals surface area contributed by atoms with Crippen LogP contribution >= 0.6 is 15.9 Å². The number of methoxy groups -OCH3 is 1. The molecule has 0 aliphatic carbocycles. The van der Waals surface area contributed by atoms with Crippen LogP contribution in [0.25, 0.3) is 0 Å². The third-order valence-corrected chi connectivity index (χ3v) is 4.08. The zero-order chi connectivity index (χ0) is 15.0. The van der Waals surface area contributed by atoms with Crippen LogP contribution in [-0.2, 0) is 9.47 Å². The number of aromatic amines is 1. The van der Waals surface area contributed by atoms with Crippen molar-refractivity contribution in [1.82, 2.24) is 20.9 Å². The number of hydrogen-bond acceptors (Lipinski definition) is 4. The van der Waals surface area contributed by atoms with Crippen molar-refractivity contribution in [2.75, 3.05) is 13.7 Å². The highest BCUT2D eigenvalue weighted by molar-refractivity contribution is 9.10. The van der Waals surface area contributed by atoms with Crippen LogP contribution in [0.3, 0.4) is 0 Å². The van der Waals surface area contributed by atoms with E-state index in [1.165, 1.54) is 7.11 Å². The first-order chi connectivity index (χ1) is 10.0. The van der Waals surface area contributed by atoms with Gasteiger partial charge in [-0.2, -0.15) is 0 Å². The van der Waals surface area contributed by atoms with Crippen LogP contribution in [0.2, 0.25) is 0 Å². The predicted molar refractivity (Wildman–Crippen MR) is 75.5 cm³/mol. The Balaban J connectivity index is 1.56. The Kier molecular flexibility index (Phi) is 3.64. The van der Waals surface area contributed by atoms with Gasteiger partial charge in [-0.05, 0) is 22.0 Å². The smallest absolute Gasteiger partial charge is 0.319 e. The van der Waals surface area contributed by atoms with Gasteiger partial charge >= 0.3 is 6.03 Å². The van der Waals surface area contributed by atoms with Gasteiger partial charge < -0.3 is 30.4 Å². The lowest BCUT2D eigenvalue weighted by Gasteiger charge is -2.23. The molecule has 0 saturated carbocycles. The van der Waals surface area contributed by atoms with E-state index < -0.39 is 12.0 Å². The van der Waals surface area contributed by atoms with Crippen molar-refractivity contribution >= 4 is 27.9 Å². The molecule has 21 heavy (non-hydrogen) atoms. The first-order valence-corrected chi connectivity index (χ1v) is 7.23. The number of carbonyl (C=O) groups is 2. The standard InChI is InChI=1S/C12H15BrN4O4/c1-20-12-3-7(21-10(12)16-11(19)17-12)5-15-9(18)8-2-6(13)4-14-8/h2,4,7,10,14H,3,5H2,1H3,(H,15,18)(H2,16,17,19)/t7-,10+,12+/m1/s1. The van der Waals surface area contributed by atoms with E-state index in [1.807, 2.05) is 0 Å². The van der Waals surface area contributed by atoms with Gasteiger partial charge in [-0.3, -0.25) is 4.79 Å². The highest BCUT2D eigenvalue weighted by Gasteiger charge is 2.55. The second-order valence-corrected chi connectivity index (χ2v) is 5.89. The molecule has 114 valence electrons. The summed E-state index contributed by atoms with van der Waals surface area (Å²) in [4.78, 5) is 26.1. The van der Waals surface area contributed by atoms with E-state index in [1.54, 1.807) is 12.3 Å². The van der Waals surface area contributed by atoms with Gasteiger partial charge in [0.15, 0.2) is 12.0 Å². The Bertz CT molecular complexity index is 577. The molecule has 2 aliphatic rings. The number of carbonyl (C=O) groups excluding carboxylic acids is 2. The number of hydrogen-bond donors (Lipinski definition) is 4. The number of ether oxygens (including phenoxy) is 2. The summed E-state index contributed by atoms with van der Waals surface area (Å²) in [6.45, 7) is 0.328. The fourth-order valence-corrected chi connectivity index (χ4v) is 2.92. The molecule has 9 heteroatoms. The molecule has 0 radical (unpaired) electrons. The average molecular weight is 359 g/mol. The Morgan fingerprint density at radius 1 is 1.67 bits per heavy atom. The van der Waals surface area contributed by atoms with Crippen molar-refractivity contribution in [3.8, 4) is 0 Å². The van der Waals surface area contributed by atoms with Crippen LogP contribution in [0.1, 0.15) is 16.9 Å². The fraction of sp³-hybridized carbons (Fsp3) is 0.500. The highest BCUT2D eigenvalue weighted by atomic mass is 79.9. The summed E-state index contributed by atoms with van der Waals surface area (Å²) in [7, 11) is 1.51. The van der Waals surface area contributed by atoms with Gasteiger partial charge in [0.25, 0.3) is 5.91 Å². The average Bonchev–Trinajstić information content (AvgIpc) is 3.08. The Hall–Kier alpha value is -1.58. The molecule has 3 rings (SSSR count). The van der Waals surface area contributed by atoms with E-state index in [0.717, 1.165) is 4.47 Å². The third kappa shape index (κ3) is 2.63. The van der Waals surface area contributed by atoms with E-state index in [2.05, 4.69) is 36.9 Å². The van der Waals surface area contributed by atoms with Gasteiger partial charge in [0.2, 0.25) is 0 Å². The lowest BCUT2D eigenvalue weighted by molar-refractivity contribution is -0.0723. The Labute approximate surface area is 129 Å². The summed E-state index contributed by atoms with van der Waals surface area (Å²) in [5.74, 6) is -0.218. The molecule has 3 atom stereocenters. The molecule has 0 aromatic carbocycles. The maximum atomic E-state index is 11.9. The SMILES string of the molecule is CO[C@@]12C[C@H](CNC(=O)c3cc(Br)c[nH]3)O[C@@H]1NC(=O)N2. The zero-order valence-electron chi connectivity index (χ0n) is 11.2. The van der Waals surface area contributed by atoms with E-state index in [0.29, 0.717) is 18.7 Å². The van der Waals surface area contributed by atoms with Crippen molar-refractivity contribution in [3.05, 3.63) is 22.4 Å². The molecule has 3 heterocycles. The predicted octanol–water partition coefficient (Wildman–Crippen LogP) is 0.277. The minimum Gasteiger partial charge on any atom is -0.356 e. The van der Waals surface area contributed by atoms with Crippen LogP contribution < -0.4 is 16.0 Å². The molecule has 2 fully saturated rings. The minimum atomic E-state index is -0.859. The number of amides is 3. The summed E-state index contributed by atoms with van der Waals surface area (Å²) >= 11 is 3.27. The second-order valence-electron chi connectivity index (χ2n) is 4.98. The topological polar surface area (TPSA) is 104 Å². The number of H-pyrrole nitrogens is 1. The van der Waals surface area contributed by atoms with E-state index in [-0.39, 0.29) is 18.0 Å². The number of halogens is 1. The molecule has 0 bridgehead atoms.